The van der Waals surface area contributed by atoms with E-state index in [9.17, 15) is 4.79 Å². The number of aromatic amines is 1. The van der Waals surface area contributed by atoms with Crippen molar-refractivity contribution in [2.24, 2.45) is 0 Å². The van der Waals surface area contributed by atoms with Crippen LogP contribution < -0.4 is 4.90 Å². The van der Waals surface area contributed by atoms with Gasteiger partial charge in [-0.3, -0.25) is 4.79 Å². The number of nitrogens with one attached hydrogen (secondary N) is 1. The van der Waals surface area contributed by atoms with Gasteiger partial charge < -0.3 is 14.8 Å². The number of pyridine rings is 2. The SMILES string of the molecule is C=CC(=O)N1C[C@H](C)N(c2ccc3[nH]c(-c4cn5ncnc5c(C)c4C)c(C(C)C)c3n2)C[C@@H]1C. The van der Waals surface area contributed by atoms with Gasteiger partial charge in [-0.05, 0) is 62.9 Å². The first-order chi connectivity index (χ1) is 16.7. The second-order valence-electron chi connectivity index (χ2n) is 10.0. The van der Waals surface area contributed by atoms with Crippen molar-refractivity contribution in [3.63, 3.8) is 0 Å². The Morgan fingerprint density at radius 1 is 1.17 bits per heavy atom. The van der Waals surface area contributed by atoms with Gasteiger partial charge in [-0.25, -0.2) is 14.5 Å². The van der Waals surface area contributed by atoms with Crippen LogP contribution in [-0.4, -0.2) is 60.5 Å². The Morgan fingerprint density at radius 3 is 2.66 bits per heavy atom. The fourth-order valence-corrected chi connectivity index (χ4v) is 5.33. The number of aryl methyl sites for hydroxylation is 1. The number of hydrogen-bond donors (Lipinski definition) is 1. The molecule has 0 aromatic carbocycles. The van der Waals surface area contributed by atoms with Gasteiger partial charge in [0.25, 0.3) is 0 Å². The summed E-state index contributed by atoms with van der Waals surface area (Å²) in [7, 11) is 0. The van der Waals surface area contributed by atoms with E-state index in [2.05, 4.69) is 86.4 Å². The Bertz CT molecular complexity index is 1450. The fourth-order valence-electron chi connectivity index (χ4n) is 5.33. The molecule has 5 heterocycles. The Hall–Kier alpha value is -3.68. The molecule has 1 aliphatic rings. The smallest absolute Gasteiger partial charge is 0.246 e. The first-order valence-corrected chi connectivity index (χ1v) is 12.2. The minimum Gasteiger partial charge on any atom is -0.353 e. The first-order valence-electron chi connectivity index (χ1n) is 12.2. The summed E-state index contributed by atoms with van der Waals surface area (Å²) >= 11 is 0. The van der Waals surface area contributed by atoms with Crippen LogP contribution in [0.4, 0.5) is 5.82 Å². The Labute approximate surface area is 205 Å². The number of hydrogen-bond acceptors (Lipinski definition) is 5. The number of amides is 1. The monoisotopic (exact) mass is 471 g/mol. The van der Waals surface area contributed by atoms with Crippen molar-refractivity contribution in [3.05, 3.63) is 54.0 Å². The second-order valence-corrected chi connectivity index (χ2v) is 10.0. The Morgan fingerprint density at radius 2 is 1.94 bits per heavy atom. The van der Waals surface area contributed by atoms with Crippen LogP contribution in [-0.2, 0) is 4.79 Å². The summed E-state index contributed by atoms with van der Waals surface area (Å²) in [5, 5.41) is 4.39. The van der Waals surface area contributed by atoms with Crippen molar-refractivity contribution in [2.45, 2.75) is 59.5 Å². The lowest BCUT2D eigenvalue weighted by molar-refractivity contribution is -0.128. The van der Waals surface area contributed by atoms with E-state index in [0.29, 0.717) is 6.54 Å². The van der Waals surface area contributed by atoms with Crippen molar-refractivity contribution in [1.82, 2.24) is 29.5 Å². The summed E-state index contributed by atoms with van der Waals surface area (Å²) in [6.07, 6.45) is 5.06. The van der Waals surface area contributed by atoms with Crippen molar-refractivity contribution in [3.8, 4) is 11.3 Å². The standard InChI is InChI=1S/C27H33N7O/c1-8-23(35)33-12-16(4)32(11-17(33)5)22-10-9-21-26(31-22)24(15(2)3)25(30-21)20-13-34-27(28-14-29-34)19(7)18(20)6/h8-10,13-17,30H,1,11-12H2,2-7H3/t16-,17-/m0/s1. The molecule has 0 bridgehead atoms. The van der Waals surface area contributed by atoms with Crippen LogP contribution in [0, 0.1) is 13.8 Å². The minimum absolute atomic E-state index is 0.0141. The number of piperazine rings is 1. The third-order valence-electron chi connectivity index (χ3n) is 7.38. The third-order valence-corrected chi connectivity index (χ3v) is 7.38. The average Bonchev–Trinajstić information content (AvgIpc) is 3.46. The molecular formula is C27H33N7O. The lowest BCUT2D eigenvalue weighted by Gasteiger charge is -2.44. The highest BCUT2D eigenvalue weighted by Crippen LogP contribution is 2.38. The second kappa shape index (κ2) is 8.52. The van der Waals surface area contributed by atoms with Gasteiger partial charge >= 0.3 is 0 Å². The van der Waals surface area contributed by atoms with E-state index in [4.69, 9.17) is 4.98 Å². The third kappa shape index (κ3) is 3.68. The van der Waals surface area contributed by atoms with Crippen LogP contribution in [0.5, 0.6) is 0 Å². The number of H-pyrrole nitrogens is 1. The number of fused-ring (bicyclic) bond motifs is 2. The van der Waals surface area contributed by atoms with Crippen molar-refractivity contribution >= 4 is 28.4 Å². The molecule has 0 aliphatic carbocycles. The number of nitrogens with zero attached hydrogens (tertiary/aromatic N) is 6. The maximum absolute atomic E-state index is 12.3. The van der Waals surface area contributed by atoms with E-state index in [1.165, 1.54) is 17.2 Å². The van der Waals surface area contributed by atoms with Gasteiger partial charge in [0.05, 0.1) is 16.7 Å². The number of anilines is 1. The summed E-state index contributed by atoms with van der Waals surface area (Å²) in [5.41, 5.74) is 8.59. The van der Waals surface area contributed by atoms with Gasteiger partial charge in [0.2, 0.25) is 5.91 Å². The molecule has 1 amide bonds. The van der Waals surface area contributed by atoms with Crippen molar-refractivity contribution < 1.29 is 4.79 Å². The molecule has 4 aromatic rings. The fraction of sp³-hybridized carbons (Fsp3) is 0.407. The molecule has 0 unspecified atom stereocenters. The van der Waals surface area contributed by atoms with Crippen molar-refractivity contribution in [1.29, 1.82) is 0 Å². The van der Waals surface area contributed by atoms with Gasteiger partial charge in [0.1, 0.15) is 12.1 Å². The summed E-state index contributed by atoms with van der Waals surface area (Å²) in [4.78, 5) is 29.7. The minimum atomic E-state index is -0.0141. The van der Waals surface area contributed by atoms with Crippen LogP contribution in [0.2, 0.25) is 0 Å². The van der Waals surface area contributed by atoms with E-state index in [0.717, 1.165) is 45.9 Å². The van der Waals surface area contributed by atoms with Crippen LogP contribution in [0.1, 0.15) is 50.3 Å². The summed E-state index contributed by atoms with van der Waals surface area (Å²) in [5.74, 6) is 1.19. The van der Waals surface area contributed by atoms with Crippen molar-refractivity contribution in [2.75, 3.05) is 18.0 Å². The maximum Gasteiger partial charge on any atom is 0.246 e. The Balaban J connectivity index is 1.61. The molecule has 4 aromatic heterocycles. The number of carbonyl (C=O) groups is 1. The highest BCUT2D eigenvalue weighted by atomic mass is 16.2. The molecule has 0 radical (unpaired) electrons. The Kier molecular flexibility index (Phi) is 5.62. The number of rotatable bonds is 4. The molecular weight excluding hydrogens is 438 g/mol. The van der Waals surface area contributed by atoms with Gasteiger partial charge in [-0.1, -0.05) is 20.4 Å². The van der Waals surface area contributed by atoms with E-state index in [1.54, 1.807) is 6.33 Å². The molecule has 1 fully saturated rings. The molecule has 182 valence electrons. The lowest BCUT2D eigenvalue weighted by atomic mass is 9.95. The van der Waals surface area contributed by atoms with Crippen LogP contribution in [0.15, 0.2) is 37.3 Å². The average molecular weight is 472 g/mol. The quantitative estimate of drug-likeness (QED) is 0.439. The van der Waals surface area contributed by atoms with E-state index < -0.39 is 0 Å². The molecule has 1 aliphatic heterocycles. The van der Waals surface area contributed by atoms with Gasteiger partial charge in [-0.15, -0.1) is 0 Å². The van der Waals surface area contributed by atoms with Crippen LogP contribution in [0.25, 0.3) is 27.9 Å². The molecule has 8 heteroatoms. The number of aromatic nitrogens is 5. The summed E-state index contributed by atoms with van der Waals surface area (Å²) in [6, 6.07) is 4.45. The molecule has 1 N–H and O–H groups in total. The maximum atomic E-state index is 12.3. The summed E-state index contributed by atoms with van der Waals surface area (Å²) in [6.45, 7) is 17.9. The molecule has 8 nitrogen and oxygen atoms in total. The normalized spacial score (nSPS) is 18.7. The van der Waals surface area contributed by atoms with E-state index >= 15 is 0 Å². The molecule has 2 atom stereocenters. The zero-order valence-corrected chi connectivity index (χ0v) is 21.3. The van der Waals surface area contributed by atoms with Gasteiger partial charge in [0.15, 0.2) is 5.65 Å². The number of carbonyl (C=O) groups excluding carboxylic acids is 1. The topological polar surface area (TPSA) is 82.4 Å². The predicted octanol–water partition coefficient (Wildman–Crippen LogP) is 4.62. The molecule has 0 saturated carbocycles. The van der Waals surface area contributed by atoms with E-state index in [1.807, 2.05) is 9.42 Å². The largest absolute Gasteiger partial charge is 0.353 e. The predicted molar refractivity (Wildman–Crippen MR) is 140 cm³/mol. The summed E-state index contributed by atoms with van der Waals surface area (Å²) < 4.78 is 1.85. The lowest BCUT2D eigenvalue weighted by Crippen LogP contribution is -2.58. The first kappa shape index (κ1) is 23.1. The highest BCUT2D eigenvalue weighted by molar-refractivity contribution is 5.91. The zero-order valence-electron chi connectivity index (χ0n) is 21.3. The molecule has 1 saturated heterocycles. The van der Waals surface area contributed by atoms with Crippen LogP contribution in [0.3, 0.4) is 0 Å². The van der Waals surface area contributed by atoms with Gasteiger partial charge in [-0.2, -0.15) is 5.10 Å². The highest BCUT2D eigenvalue weighted by Gasteiger charge is 2.32. The zero-order chi connectivity index (χ0) is 25.0. The van der Waals surface area contributed by atoms with E-state index in [-0.39, 0.29) is 23.9 Å². The molecule has 0 spiro atoms. The molecule has 35 heavy (non-hydrogen) atoms. The van der Waals surface area contributed by atoms with Crippen LogP contribution >= 0.6 is 0 Å². The van der Waals surface area contributed by atoms with Gasteiger partial charge in [0, 0.05) is 42.5 Å². The molecule has 5 rings (SSSR count).